The Bertz CT molecular complexity index is 1160. The number of aromatic hydroxyl groups is 1. The lowest BCUT2D eigenvalue weighted by atomic mass is 9.88. The van der Waals surface area contributed by atoms with E-state index in [1.165, 1.54) is 19.1 Å². The van der Waals surface area contributed by atoms with Gasteiger partial charge >= 0.3 is 0 Å². The van der Waals surface area contributed by atoms with Gasteiger partial charge in [0, 0.05) is 23.8 Å². The standard InChI is InChI=1S/C25H26N2O5/c1-15(25(31)26-22-20-5-3-4-6-21(20)32-24(22)16(2)28)27-13-11-18(12-14-27)23(30)17-7-9-19(29)10-8-17/h3-10,15,18,29H,11-14H2,1-2H3,(H,26,31). The Balaban J connectivity index is 1.41. The number of fused-ring (bicyclic) bond motifs is 1. The minimum atomic E-state index is -0.423. The third kappa shape index (κ3) is 4.29. The molecule has 1 unspecified atom stereocenters. The number of anilines is 1. The van der Waals surface area contributed by atoms with Gasteiger partial charge in [0.05, 0.1) is 11.7 Å². The summed E-state index contributed by atoms with van der Waals surface area (Å²) in [5, 5.41) is 13.0. The summed E-state index contributed by atoms with van der Waals surface area (Å²) in [6.07, 6.45) is 1.31. The van der Waals surface area contributed by atoms with Gasteiger partial charge in [-0.1, -0.05) is 12.1 Å². The number of piperidine rings is 1. The number of nitrogens with zero attached hydrogens (tertiary/aromatic N) is 1. The number of para-hydroxylation sites is 1. The second-order valence-electron chi connectivity index (χ2n) is 8.25. The fourth-order valence-corrected chi connectivity index (χ4v) is 4.22. The van der Waals surface area contributed by atoms with Crippen molar-refractivity contribution in [3.05, 3.63) is 59.9 Å². The summed E-state index contributed by atoms with van der Waals surface area (Å²) >= 11 is 0. The Morgan fingerprint density at radius 3 is 2.38 bits per heavy atom. The Labute approximate surface area is 186 Å². The van der Waals surface area contributed by atoms with Crippen molar-refractivity contribution < 1.29 is 23.9 Å². The van der Waals surface area contributed by atoms with Gasteiger partial charge in [-0.2, -0.15) is 0 Å². The van der Waals surface area contributed by atoms with Crippen molar-refractivity contribution in [1.82, 2.24) is 4.90 Å². The van der Waals surface area contributed by atoms with Crippen molar-refractivity contribution in [3.63, 3.8) is 0 Å². The highest BCUT2D eigenvalue weighted by Gasteiger charge is 2.31. The van der Waals surface area contributed by atoms with E-state index < -0.39 is 6.04 Å². The van der Waals surface area contributed by atoms with Crippen LogP contribution in [0.4, 0.5) is 5.69 Å². The van der Waals surface area contributed by atoms with E-state index in [-0.39, 0.29) is 34.9 Å². The molecule has 1 amide bonds. The molecule has 2 heterocycles. The topological polar surface area (TPSA) is 99.9 Å². The van der Waals surface area contributed by atoms with E-state index in [0.29, 0.717) is 48.2 Å². The predicted octanol–water partition coefficient (Wildman–Crippen LogP) is 4.26. The van der Waals surface area contributed by atoms with Crippen LogP contribution in [-0.2, 0) is 4.79 Å². The van der Waals surface area contributed by atoms with Crippen molar-refractivity contribution in [2.45, 2.75) is 32.7 Å². The first-order chi connectivity index (χ1) is 15.3. The highest BCUT2D eigenvalue weighted by Crippen LogP contribution is 2.32. The van der Waals surface area contributed by atoms with Crippen molar-refractivity contribution in [2.75, 3.05) is 18.4 Å². The molecule has 0 radical (unpaired) electrons. The van der Waals surface area contributed by atoms with Crippen LogP contribution in [0.5, 0.6) is 5.75 Å². The zero-order chi connectivity index (χ0) is 22.8. The van der Waals surface area contributed by atoms with Crippen LogP contribution in [0.25, 0.3) is 11.0 Å². The third-order valence-corrected chi connectivity index (χ3v) is 6.14. The molecule has 1 atom stereocenters. The minimum absolute atomic E-state index is 0.0673. The SMILES string of the molecule is CC(=O)c1oc2ccccc2c1NC(=O)C(C)N1CCC(C(=O)c2ccc(O)cc2)CC1. The first kappa shape index (κ1) is 21.8. The summed E-state index contributed by atoms with van der Waals surface area (Å²) in [5.74, 6) is -0.231. The molecule has 32 heavy (non-hydrogen) atoms. The van der Waals surface area contributed by atoms with Crippen molar-refractivity contribution in [2.24, 2.45) is 5.92 Å². The number of phenolic OH excluding ortho intramolecular Hbond substituents is 1. The number of carbonyl (C=O) groups is 3. The third-order valence-electron chi connectivity index (χ3n) is 6.14. The molecule has 7 nitrogen and oxygen atoms in total. The quantitative estimate of drug-likeness (QED) is 0.562. The molecular formula is C25H26N2O5. The molecule has 1 fully saturated rings. The van der Waals surface area contributed by atoms with E-state index in [9.17, 15) is 19.5 Å². The number of nitrogens with one attached hydrogen (secondary N) is 1. The molecular weight excluding hydrogens is 408 g/mol. The molecule has 1 saturated heterocycles. The number of furan rings is 1. The fraction of sp³-hybridized carbons (Fsp3) is 0.320. The summed E-state index contributed by atoms with van der Waals surface area (Å²) in [7, 11) is 0. The Hall–Kier alpha value is -3.45. The van der Waals surface area contributed by atoms with Crippen LogP contribution in [0.15, 0.2) is 52.9 Å². The van der Waals surface area contributed by atoms with Gasteiger partial charge in [0.15, 0.2) is 17.3 Å². The molecule has 2 N–H and O–H groups in total. The van der Waals surface area contributed by atoms with Gasteiger partial charge in [-0.3, -0.25) is 19.3 Å². The minimum Gasteiger partial charge on any atom is -0.508 e. The van der Waals surface area contributed by atoms with Crippen LogP contribution in [0, 0.1) is 5.92 Å². The average molecular weight is 434 g/mol. The molecule has 1 aromatic heterocycles. The van der Waals surface area contributed by atoms with Gasteiger partial charge < -0.3 is 14.8 Å². The number of hydrogen-bond acceptors (Lipinski definition) is 6. The first-order valence-corrected chi connectivity index (χ1v) is 10.8. The van der Waals surface area contributed by atoms with Gasteiger partial charge in [0.1, 0.15) is 11.3 Å². The molecule has 4 rings (SSSR count). The fourth-order valence-electron chi connectivity index (χ4n) is 4.22. The predicted molar refractivity (Wildman–Crippen MR) is 121 cm³/mol. The van der Waals surface area contributed by atoms with Crippen LogP contribution in [0.1, 0.15) is 47.6 Å². The van der Waals surface area contributed by atoms with Crippen LogP contribution >= 0.6 is 0 Å². The summed E-state index contributed by atoms with van der Waals surface area (Å²) in [4.78, 5) is 39.8. The highest BCUT2D eigenvalue weighted by molar-refractivity contribution is 6.11. The van der Waals surface area contributed by atoms with E-state index in [0.717, 1.165) is 0 Å². The van der Waals surface area contributed by atoms with Crippen molar-refractivity contribution in [1.29, 1.82) is 0 Å². The summed E-state index contributed by atoms with van der Waals surface area (Å²) in [6, 6.07) is 13.1. The zero-order valence-electron chi connectivity index (χ0n) is 18.1. The lowest BCUT2D eigenvalue weighted by Crippen LogP contribution is -2.47. The second-order valence-corrected chi connectivity index (χ2v) is 8.25. The van der Waals surface area contributed by atoms with E-state index >= 15 is 0 Å². The lowest BCUT2D eigenvalue weighted by Gasteiger charge is -2.34. The molecule has 0 bridgehead atoms. The molecule has 2 aromatic carbocycles. The number of phenols is 1. The highest BCUT2D eigenvalue weighted by atomic mass is 16.3. The van der Waals surface area contributed by atoms with E-state index in [4.69, 9.17) is 4.42 Å². The smallest absolute Gasteiger partial charge is 0.241 e. The summed E-state index contributed by atoms with van der Waals surface area (Å²) in [5.41, 5.74) is 1.55. The van der Waals surface area contributed by atoms with E-state index in [1.54, 1.807) is 18.2 Å². The van der Waals surface area contributed by atoms with Crippen LogP contribution < -0.4 is 5.32 Å². The van der Waals surface area contributed by atoms with Crippen LogP contribution in [-0.4, -0.2) is 46.6 Å². The normalized spacial score (nSPS) is 16.1. The number of amides is 1. The monoisotopic (exact) mass is 434 g/mol. The molecule has 0 saturated carbocycles. The van der Waals surface area contributed by atoms with Crippen molar-refractivity contribution in [3.8, 4) is 5.75 Å². The molecule has 3 aromatic rings. The lowest BCUT2D eigenvalue weighted by molar-refractivity contribution is -0.121. The van der Waals surface area contributed by atoms with Gasteiger partial charge in [0.2, 0.25) is 5.91 Å². The molecule has 7 heteroatoms. The Morgan fingerprint density at radius 2 is 1.72 bits per heavy atom. The number of hydrogen-bond donors (Lipinski definition) is 2. The molecule has 166 valence electrons. The largest absolute Gasteiger partial charge is 0.508 e. The van der Waals surface area contributed by atoms with Gasteiger partial charge in [-0.15, -0.1) is 0 Å². The summed E-state index contributed by atoms with van der Waals surface area (Å²) < 4.78 is 5.65. The summed E-state index contributed by atoms with van der Waals surface area (Å²) in [6.45, 7) is 4.48. The number of ketones is 2. The number of carbonyl (C=O) groups excluding carboxylic acids is 3. The van der Waals surface area contributed by atoms with Gasteiger partial charge in [-0.25, -0.2) is 0 Å². The molecule has 1 aliphatic heterocycles. The molecule has 1 aliphatic rings. The molecule has 0 spiro atoms. The maximum absolute atomic E-state index is 13.0. The van der Waals surface area contributed by atoms with Crippen molar-refractivity contribution >= 4 is 34.1 Å². The number of Topliss-reactive ketones (excluding diaryl/α,β-unsaturated/α-hetero) is 2. The average Bonchev–Trinajstić information content (AvgIpc) is 3.17. The molecule has 0 aliphatic carbocycles. The maximum atomic E-state index is 13.0. The number of likely N-dealkylation sites (tertiary alicyclic amines) is 1. The van der Waals surface area contributed by atoms with Gasteiger partial charge in [-0.05, 0) is 69.3 Å². The second kappa shape index (κ2) is 8.96. The zero-order valence-corrected chi connectivity index (χ0v) is 18.1. The Kier molecular flexibility index (Phi) is 6.10. The van der Waals surface area contributed by atoms with Crippen LogP contribution in [0.3, 0.4) is 0 Å². The van der Waals surface area contributed by atoms with Crippen LogP contribution in [0.2, 0.25) is 0 Å². The van der Waals surface area contributed by atoms with E-state index in [1.807, 2.05) is 30.0 Å². The Morgan fingerprint density at radius 1 is 1.06 bits per heavy atom. The first-order valence-electron chi connectivity index (χ1n) is 10.8. The number of rotatable bonds is 6. The maximum Gasteiger partial charge on any atom is 0.241 e. The number of benzene rings is 2. The van der Waals surface area contributed by atoms with Gasteiger partial charge in [0.25, 0.3) is 0 Å². The van der Waals surface area contributed by atoms with E-state index in [2.05, 4.69) is 5.32 Å².